The summed E-state index contributed by atoms with van der Waals surface area (Å²) in [6.07, 6.45) is 4.40. The quantitative estimate of drug-likeness (QED) is 0.725. The maximum absolute atomic E-state index is 12.9. The summed E-state index contributed by atoms with van der Waals surface area (Å²) in [5.74, 6) is -0.691. The number of methoxy groups -OCH3 is 1. The predicted molar refractivity (Wildman–Crippen MR) is 119 cm³/mol. The van der Waals surface area contributed by atoms with E-state index in [0.717, 1.165) is 51.0 Å². The van der Waals surface area contributed by atoms with Gasteiger partial charge >= 0.3 is 5.97 Å². The molecule has 7 heteroatoms. The first-order chi connectivity index (χ1) is 14.5. The number of esters is 1. The molecule has 0 unspecified atom stereocenters. The number of hydrogen-bond acceptors (Lipinski definition) is 5. The average Bonchev–Trinajstić information content (AvgIpc) is 2.81. The number of aromatic nitrogens is 1. The third-order valence-electron chi connectivity index (χ3n) is 4.77. The van der Waals surface area contributed by atoms with Crippen LogP contribution in [-0.4, -0.2) is 49.1 Å². The molecule has 1 saturated heterocycles. The number of H-pyrrole nitrogens is 1. The molecule has 0 amide bonds. The van der Waals surface area contributed by atoms with Gasteiger partial charge in [-0.1, -0.05) is 44.2 Å². The number of benzene rings is 1. The standard InChI is InChI=1S/C11H8FNO.C10H20N2O2.C2H6/c12-10-6-9(7-13-11(10)14)8-4-2-1-3-5-8;1-14-10(13)9-3-7-12(8-4-9)6-2-5-11;1-2/h1-7H,(H,13,14);9H,2-8,11H2,1H3;1-2H3. The van der Waals surface area contributed by atoms with Crippen LogP contribution in [-0.2, 0) is 9.53 Å². The molecule has 0 saturated carbocycles. The van der Waals surface area contributed by atoms with E-state index >= 15 is 0 Å². The minimum atomic E-state index is -0.758. The molecule has 1 aliphatic rings. The van der Waals surface area contributed by atoms with Gasteiger partial charge in [-0.3, -0.25) is 9.59 Å². The Morgan fingerprint density at radius 2 is 1.83 bits per heavy atom. The van der Waals surface area contributed by atoms with Crippen LogP contribution in [0.5, 0.6) is 0 Å². The van der Waals surface area contributed by atoms with E-state index in [1.165, 1.54) is 19.4 Å². The first-order valence-electron chi connectivity index (χ1n) is 10.5. The summed E-state index contributed by atoms with van der Waals surface area (Å²) in [5.41, 5.74) is 6.30. The Bertz CT molecular complexity index is 788. The molecule has 1 fully saturated rings. The van der Waals surface area contributed by atoms with Crippen molar-refractivity contribution in [2.75, 3.05) is 33.3 Å². The van der Waals surface area contributed by atoms with Crippen LogP contribution in [0.2, 0.25) is 0 Å². The lowest BCUT2D eigenvalue weighted by molar-refractivity contribution is -0.147. The molecule has 1 aliphatic heterocycles. The summed E-state index contributed by atoms with van der Waals surface area (Å²) in [6, 6.07) is 10.5. The van der Waals surface area contributed by atoms with Gasteiger partial charge in [0.2, 0.25) is 0 Å². The molecule has 1 aromatic heterocycles. The molecule has 1 aromatic carbocycles. The van der Waals surface area contributed by atoms with Gasteiger partial charge in [-0.2, -0.15) is 0 Å². The fourth-order valence-corrected chi connectivity index (χ4v) is 3.13. The number of hydrogen-bond donors (Lipinski definition) is 2. The second-order valence-corrected chi connectivity index (χ2v) is 6.71. The van der Waals surface area contributed by atoms with Gasteiger partial charge in [0.15, 0.2) is 5.82 Å². The molecule has 3 N–H and O–H groups in total. The van der Waals surface area contributed by atoms with E-state index in [9.17, 15) is 14.0 Å². The smallest absolute Gasteiger partial charge is 0.308 e. The maximum atomic E-state index is 12.9. The number of aromatic amines is 1. The number of piperidine rings is 1. The second-order valence-electron chi connectivity index (χ2n) is 6.71. The van der Waals surface area contributed by atoms with Crippen molar-refractivity contribution in [3.63, 3.8) is 0 Å². The van der Waals surface area contributed by atoms with Crippen molar-refractivity contribution in [3.05, 3.63) is 58.8 Å². The fraction of sp³-hybridized carbons (Fsp3) is 0.478. The van der Waals surface area contributed by atoms with E-state index in [2.05, 4.69) is 9.88 Å². The molecule has 0 bridgehead atoms. The highest BCUT2D eigenvalue weighted by Gasteiger charge is 2.24. The number of likely N-dealkylation sites (tertiary alicyclic amines) is 1. The summed E-state index contributed by atoms with van der Waals surface area (Å²) < 4.78 is 17.6. The van der Waals surface area contributed by atoms with Crippen molar-refractivity contribution in [2.24, 2.45) is 11.7 Å². The minimum Gasteiger partial charge on any atom is -0.469 e. The van der Waals surface area contributed by atoms with Crippen molar-refractivity contribution in [1.82, 2.24) is 9.88 Å². The Morgan fingerprint density at radius 3 is 2.37 bits per heavy atom. The summed E-state index contributed by atoms with van der Waals surface area (Å²) in [5, 5.41) is 0. The molecule has 2 aromatic rings. The van der Waals surface area contributed by atoms with Crippen LogP contribution in [0.4, 0.5) is 4.39 Å². The Hall–Kier alpha value is -2.51. The van der Waals surface area contributed by atoms with E-state index in [4.69, 9.17) is 10.5 Å². The Morgan fingerprint density at radius 1 is 1.20 bits per heavy atom. The van der Waals surface area contributed by atoms with Crippen molar-refractivity contribution < 1.29 is 13.9 Å². The van der Waals surface area contributed by atoms with Crippen molar-refractivity contribution in [2.45, 2.75) is 33.1 Å². The molecule has 30 heavy (non-hydrogen) atoms. The maximum Gasteiger partial charge on any atom is 0.308 e. The van der Waals surface area contributed by atoms with Gasteiger partial charge in [0.1, 0.15) is 0 Å². The van der Waals surface area contributed by atoms with Crippen molar-refractivity contribution in [3.8, 4) is 11.1 Å². The number of nitrogens with one attached hydrogen (secondary N) is 1. The van der Waals surface area contributed by atoms with Crippen LogP contribution >= 0.6 is 0 Å². The number of nitrogens with zero attached hydrogens (tertiary/aromatic N) is 1. The predicted octanol–water partition coefficient (Wildman–Crippen LogP) is 3.43. The summed E-state index contributed by atoms with van der Waals surface area (Å²) in [6.45, 7) is 7.81. The van der Waals surface area contributed by atoms with Gasteiger partial charge in [0.25, 0.3) is 5.56 Å². The largest absolute Gasteiger partial charge is 0.469 e. The number of nitrogens with two attached hydrogens (primary N) is 1. The molecule has 0 spiro atoms. The Labute approximate surface area is 178 Å². The van der Waals surface area contributed by atoms with Gasteiger partial charge in [-0.25, -0.2) is 4.39 Å². The number of pyridine rings is 1. The summed E-state index contributed by atoms with van der Waals surface area (Å²) in [4.78, 5) is 26.7. The second kappa shape index (κ2) is 14.5. The molecule has 6 nitrogen and oxygen atoms in total. The molecular weight excluding hydrogens is 385 g/mol. The van der Waals surface area contributed by atoms with Gasteiger partial charge in [-0.15, -0.1) is 0 Å². The first-order valence-corrected chi connectivity index (χ1v) is 10.5. The lowest BCUT2D eigenvalue weighted by Gasteiger charge is -2.30. The molecule has 2 heterocycles. The number of halogens is 1. The van der Waals surface area contributed by atoms with E-state index < -0.39 is 11.4 Å². The number of carbonyl (C=O) groups excluding carboxylic acids is 1. The molecule has 166 valence electrons. The summed E-state index contributed by atoms with van der Waals surface area (Å²) in [7, 11) is 1.46. The minimum absolute atomic E-state index is 0.0523. The number of carbonyl (C=O) groups is 1. The van der Waals surface area contributed by atoms with Crippen LogP contribution in [0.25, 0.3) is 11.1 Å². The third-order valence-corrected chi connectivity index (χ3v) is 4.77. The first kappa shape index (κ1) is 25.5. The Kier molecular flexibility index (Phi) is 12.3. The lowest BCUT2D eigenvalue weighted by atomic mass is 9.97. The zero-order valence-electron chi connectivity index (χ0n) is 18.2. The van der Waals surface area contributed by atoms with Gasteiger partial charge in [0, 0.05) is 11.8 Å². The normalized spacial score (nSPS) is 14.0. The zero-order valence-corrected chi connectivity index (χ0v) is 18.2. The number of ether oxygens (including phenoxy) is 1. The van der Waals surface area contributed by atoms with E-state index in [0.29, 0.717) is 5.56 Å². The van der Waals surface area contributed by atoms with Crippen molar-refractivity contribution in [1.29, 1.82) is 0 Å². The van der Waals surface area contributed by atoms with Crippen LogP contribution in [0.1, 0.15) is 33.1 Å². The average molecular weight is 420 g/mol. The van der Waals surface area contributed by atoms with Gasteiger partial charge < -0.3 is 20.4 Å². The molecule has 3 rings (SSSR count). The van der Waals surface area contributed by atoms with Crippen LogP contribution in [0.3, 0.4) is 0 Å². The molecular formula is C23H34FN3O3. The monoisotopic (exact) mass is 419 g/mol. The van der Waals surface area contributed by atoms with Crippen LogP contribution in [0.15, 0.2) is 47.4 Å². The highest BCUT2D eigenvalue weighted by Crippen LogP contribution is 2.18. The topological polar surface area (TPSA) is 88.4 Å². The van der Waals surface area contributed by atoms with E-state index in [1.807, 2.05) is 44.2 Å². The van der Waals surface area contributed by atoms with Gasteiger partial charge in [0.05, 0.1) is 13.0 Å². The van der Waals surface area contributed by atoms with E-state index in [-0.39, 0.29) is 11.9 Å². The Balaban J connectivity index is 0.000000277. The molecule has 0 atom stereocenters. The SMILES string of the molecule is CC.COC(=O)C1CCN(CCCN)CC1.O=c1[nH]cc(-c2ccccc2)cc1F. The van der Waals surface area contributed by atoms with Crippen LogP contribution in [0, 0.1) is 11.7 Å². The highest BCUT2D eigenvalue weighted by atomic mass is 19.1. The zero-order chi connectivity index (χ0) is 22.4. The summed E-state index contributed by atoms with van der Waals surface area (Å²) >= 11 is 0. The highest BCUT2D eigenvalue weighted by molar-refractivity contribution is 5.72. The number of rotatable bonds is 5. The van der Waals surface area contributed by atoms with E-state index in [1.54, 1.807) is 0 Å². The van der Waals surface area contributed by atoms with Gasteiger partial charge in [-0.05, 0) is 57.1 Å². The molecule has 0 aliphatic carbocycles. The molecule has 0 radical (unpaired) electrons. The van der Waals surface area contributed by atoms with Crippen molar-refractivity contribution >= 4 is 5.97 Å². The van der Waals surface area contributed by atoms with Crippen LogP contribution < -0.4 is 11.3 Å². The lowest BCUT2D eigenvalue weighted by Crippen LogP contribution is -2.37. The third kappa shape index (κ3) is 8.47. The fourth-order valence-electron chi connectivity index (χ4n) is 3.13.